The van der Waals surface area contributed by atoms with Gasteiger partial charge in [0.15, 0.2) is 0 Å². The SMILES string of the molecule is Cc1cc2c(c([C@@H]3CCCN3)c1)CCC2. The Balaban J connectivity index is 2.05. The number of hydrogen-bond donors (Lipinski definition) is 1. The maximum absolute atomic E-state index is 3.63. The fraction of sp³-hybridized carbons (Fsp3) is 0.571. The summed E-state index contributed by atoms with van der Waals surface area (Å²) in [4.78, 5) is 0. The quantitative estimate of drug-likeness (QED) is 0.736. The number of nitrogens with one attached hydrogen (secondary N) is 1. The lowest BCUT2D eigenvalue weighted by atomic mass is 9.94. The molecule has 0 aromatic heterocycles. The van der Waals surface area contributed by atoms with Gasteiger partial charge in [-0.25, -0.2) is 0 Å². The van der Waals surface area contributed by atoms with E-state index in [2.05, 4.69) is 24.4 Å². The highest BCUT2D eigenvalue weighted by atomic mass is 14.9. The molecule has 0 amide bonds. The number of aryl methyl sites for hydroxylation is 2. The van der Waals surface area contributed by atoms with Gasteiger partial charge >= 0.3 is 0 Å². The Labute approximate surface area is 91.9 Å². The van der Waals surface area contributed by atoms with Crippen LogP contribution >= 0.6 is 0 Å². The molecule has 1 aliphatic carbocycles. The fourth-order valence-corrected chi connectivity index (χ4v) is 3.17. The smallest absolute Gasteiger partial charge is 0.0323 e. The van der Waals surface area contributed by atoms with Gasteiger partial charge in [-0.1, -0.05) is 17.7 Å². The van der Waals surface area contributed by atoms with E-state index in [9.17, 15) is 0 Å². The molecule has 1 atom stereocenters. The van der Waals surface area contributed by atoms with E-state index >= 15 is 0 Å². The second-order valence-corrected chi connectivity index (χ2v) is 4.99. The van der Waals surface area contributed by atoms with Crippen LogP contribution in [0.25, 0.3) is 0 Å². The highest BCUT2D eigenvalue weighted by molar-refractivity contribution is 5.43. The van der Waals surface area contributed by atoms with E-state index in [1.807, 2.05) is 0 Å². The summed E-state index contributed by atoms with van der Waals surface area (Å²) in [7, 11) is 0. The van der Waals surface area contributed by atoms with Gasteiger partial charge in [-0.05, 0) is 62.3 Å². The van der Waals surface area contributed by atoms with Crippen molar-refractivity contribution < 1.29 is 0 Å². The van der Waals surface area contributed by atoms with Crippen LogP contribution in [0.1, 0.15) is 47.6 Å². The van der Waals surface area contributed by atoms with Crippen LogP contribution in [0, 0.1) is 6.92 Å². The van der Waals surface area contributed by atoms with E-state index in [1.54, 1.807) is 16.7 Å². The summed E-state index contributed by atoms with van der Waals surface area (Å²) >= 11 is 0. The third-order valence-corrected chi connectivity index (χ3v) is 3.83. The first-order valence-electron chi connectivity index (χ1n) is 6.20. The molecule has 0 radical (unpaired) electrons. The summed E-state index contributed by atoms with van der Waals surface area (Å²) in [5, 5.41) is 3.63. The molecule has 15 heavy (non-hydrogen) atoms. The number of hydrogen-bond acceptors (Lipinski definition) is 1. The van der Waals surface area contributed by atoms with Crippen LogP contribution in [-0.2, 0) is 12.8 Å². The lowest BCUT2D eigenvalue weighted by Crippen LogP contribution is -2.15. The monoisotopic (exact) mass is 201 g/mol. The molecule has 1 heteroatoms. The van der Waals surface area contributed by atoms with E-state index in [0.29, 0.717) is 6.04 Å². The Morgan fingerprint density at radius 2 is 2.13 bits per heavy atom. The molecule has 1 N–H and O–H groups in total. The van der Waals surface area contributed by atoms with Crippen molar-refractivity contribution in [1.29, 1.82) is 0 Å². The lowest BCUT2D eigenvalue weighted by molar-refractivity contribution is 0.640. The Kier molecular flexibility index (Phi) is 2.28. The van der Waals surface area contributed by atoms with Gasteiger partial charge in [0, 0.05) is 6.04 Å². The zero-order chi connectivity index (χ0) is 10.3. The summed E-state index contributed by atoms with van der Waals surface area (Å²) in [6.07, 6.45) is 6.64. The van der Waals surface area contributed by atoms with Crippen molar-refractivity contribution in [2.45, 2.75) is 45.1 Å². The standard InChI is InChI=1S/C14H19N/c1-10-8-11-4-2-5-12(11)13(9-10)14-6-3-7-15-14/h8-9,14-15H,2-7H2,1H3/t14-/m0/s1. The summed E-state index contributed by atoms with van der Waals surface area (Å²) in [5.74, 6) is 0. The predicted octanol–water partition coefficient (Wildman–Crippen LogP) is 2.91. The first-order chi connectivity index (χ1) is 7.34. The van der Waals surface area contributed by atoms with Crippen molar-refractivity contribution in [2.24, 2.45) is 0 Å². The Morgan fingerprint density at radius 3 is 2.93 bits per heavy atom. The van der Waals surface area contributed by atoms with Crippen LogP contribution in [0.3, 0.4) is 0 Å². The summed E-state index contributed by atoms with van der Waals surface area (Å²) in [6.45, 7) is 3.43. The van der Waals surface area contributed by atoms with Gasteiger partial charge in [-0.2, -0.15) is 0 Å². The van der Waals surface area contributed by atoms with Gasteiger partial charge in [-0.15, -0.1) is 0 Å². The van der Waals surface area contributed by atoms with Gasteiger partial charge < -0.3 is 5.32 Å². The van der Waals surface area contributed by atoms with Crippen LogP contribution in [0.4, 0.5) is 0 Å². The first kappa shape index (κ1) is 9.41. The minimum atomic E-state index is 0.650. The van der Waals surface area contributed by atoms with Gasteiger partial charge in [0.1, 0.15) is 0 Å². The molecule has 1 nitrogen and oxygen atoms in total. The Hall–Kier alpha value is -0.820. The molecule has 1 aromatic carbocycles. The summed E-state index contributed by atoms with van der Waals surface area (Å²) in [5.41, 5.74) is 6.35. The van der Waals surface area contributed by atoms with Crippen LogP contribution < -0.4 is 5.32 Å². The third kappa shape index (κ3) is 1.59. The van der Waals surface area contributed by atoms with Crippen LogP contribution in [0.15, 0.2) is 12.1 Å². The van der Waals surface area contributed by atoms with Crippen molar-refractivity contribution in [3.8, 4) is 0 Å². The van der Waals surface area contributed by atoms with Gasteiger partial charge in [0.2, 0.25) is 0 Å². The number of benzene rings is 1. The number of fused-ring (bicyclic) bond motifs is 1. The molecule has 0 unspecified atom stereocenters. The molecule has 0 saturated carbocycles. The summed E-state index contributed by atoms with van der Waals surface area (Å²) < 4.78 is 0. The number of rotatable bonds is 1. The van der Waals surface area contributed by atoms with Crippen molar-refractivity contribution >= 4 is 0 Å². The van der Waals surface area contributed by atoms with E-state index in [1.165, 1.54) is 44.2 Å². The maximum Gasteiger partial charge on any atom is 0.0323 e. The highest BCUT2D eigenvalue weighted by Crippen LogP contribution is 2.33. The normalized spacial score (nSPS) is 24.5. The molecule has 1 saturated heterocycles. The zero-order valence-corrected chi connectivity index (χ0v) is 9.47. The zero-order valence-electron chi connectivity index (χ0n) is 9.47. The van der Waals surface area contributed by atoms with Gasteiger partial charge in [0.05, 0.1) is 0 Å². The third-order valence-electron chi connectivity index (χ3n) is 3.83. The van der Waals surface area contributed by atoms with Crippen LogP contribution in [-0.4, -0.2) is 6.54 Å². The molecule has 1 heterocycles. The minimum Gasteiger partial charge on any atom is -0.310 e. The molecule has 1 fully saturated rings. The minimum absolute atomic E-state index is 0.650. The average molecular weight is 201 g/mol. The predicted molar refractivity (Wildman–Crippen MR) is 63.2 cm³/mol. The molecule has 0 spiro atoms. The topological polar surface area (TPSA) is 12.0 Å². The van der Waals surface area contributed by atoms with E-state index in [-0.39, 0.29) is 0 Å². The molecule has 3 rings (SSSR count). The van der Waals surface area contributed by atoms with E-state index in [4.69, 9.17) is 0 Å². The van der Waals surface area contributed by atoms with Crippen molar-refractivity contribution in [1.82, 2.24) is 5.32 Å². The Morgan fingerprint density at radius 1 is 1.20 bits per heavy atom. The molecule has 0 bridgehead atoms. The second-order valence-electron chi connectivity index (χ2n) is 4.99. The van der Waals surface area contributed by atoms with Crippen molar-refractivity contribution in [3.05, 3.63) is 34.4 Å². The molecular weight excluding hydrogens is 182 g/mol. The molecule has 1 aromatic rings. The van der Waals surface area contributed by atoms with Crippen molar-refractivity contribution in [3.63, 3.8) is 0 Å². The largest absolute Gasteiger partial charge is 0.310 e. The molecule has 80 valence electrons. The van der Waals surface area contributed by atoms with E-state index in [0.717, 1.165) is 0 Å². The van der Waals surface area contributed by atoms with Gasteiger partial charge in [-0.3, -0.25) is 0 Å². The first-order valence-corrected chi connectivity index (χ1v) is 6.20. The maximum atomic E-state index is 3.63. The highest BCUT2D eigenvalue weighted by Gasteiger charge is 2.23. The second kappa shape index (κ2) is 3.64. The molecule has 1 aliphatic heterocycles. The Bertz CT molecular complexity index is 375. The summed E-state index contributed by atoms with van der Waals surface area (Å²) in [6, 6.07) is 5.45. The van der Waals surface area contributed by atoms with Crippen LogP contribution in [0.2, 0.25) is 0 Å². The lowest BCUT2D eigenvalue weighted by Gasteiger charge is -2.16. The van der Waals surface area contributed by atoms with E-state index < -0.39 is 0 Å². The molecular formula is C14H19N. The fourth-order valence-electron chi connectivity index (χ4n) is 3.17. The van der Waals surface area contributed by atoms with Crippen molar-refractivity contribution in [2.75, 3.05) is 6.54 Å². The van der Waals surface area contributed by atoms with Crippen LogP contribution in [0.5, 0.6) is 0 Å². The molecule has 2 aliphatic rings. The van der Waals surface area contributed by atoms with Gasteiger partial charge in [0.25, 0.3) is 0 Å². The average Bonchev–Trinajstić information content (AvgIpc) is 2.86.